The molecule has 4 rings (SSSR count). The second kappa shape index (κ2) is 10.8. The van der Waals surface area contributed by atoms with Crippen LogP contribution in [0.2, 0.25) is 0 Å². The van der Waals surface area contributed by atoms with E-state index < -0.39 is 0 Å². The van der Waals surface area contributed by atoms with Crippen LogP contribution < -0.4 is 10.6 Å². The Labute approximate surface area is 202 Å². The summed E-state index contributed by atoms with van der Waals surface area (Å²) in [5, 5.41) is 17.1. The number of allylic oxidation sites excluding steroid dienone is 1. The lowest BCUT2D eigenvalue weighted by atomic mass is 10.1. The van der Waals surface area contributed by atoms with Crippen LogP contribution >= 0.6 is 11.8 Å². The minimum Gasteiger partial charge on any atom is -0.342 e. The van der Waals surface area contributed by atoms with Crippen LogP contribution in [0.3, 0.4) is 0 Å². The number of anilines is 1. The molecule has 1 atom stereocenters. The van der Waals surface area contributed by atoms with Crippen molar-refractivity contribution in [3.63, 3.8) is 0 Å². The Morgan fingerprint density at radius 3 is 2.56 bits per heavy atom. The lowest BCUT2D eigenvalue weighted by Gasteiger charge is -2.15. The normalized spacial score (nSPS) is 11.7. The molecule has 0 fully saturated rings. The van der Waals surface area contributed by atoms with Gasteiger partial charge in [0.05, 0.1) is 11.8 Å². The quantitative estimate of drug-likeness (QED) is 0.269. The van der Waals surface area contributed by atoms with Crippen molar-refractivity contribution in [3.8, 4) is 0 Å². The number of fused-ring (bicyclic) bond motifs is 1. The molecule has 0 spiro atoms. The zero-order chi connectivity index (χ0) is 23.9. The minimum atomic E-state index is -0.376. The van der Waals surface area contributed by atoms with E-state index in [1.54, 1.807) is 18.2 Å². The van der Waals surface area contributed by atoms with Gasteiger partial charge in [0.2, 0.25) is 5.91 Å². The lowest BCUT2D eigenvalue weighted by Crippen LogP contribution is -2.28. The van der Waals surface area contributed by atoms with Crippen molar-refractivity contribution in [2.24, 2.45) is 0 Å². The standard InChI is InChI=1S/C26H25N5O2S/c1-3-16-31-24(18(2)27-25(33)20-11-5-4-6-12-20)29-30-26(31)34-17-23(32)28-22-15-9-13-19-10-7-8-14-21(19)22/h3-15,18H,1,16-17H2,2H3,(H,27,33)(H,28,32)/t18-/m0/s1. The van der Waals surface area contributed by atoms with Gasteiger partial charge in [0.1, 0.15) is 0 Å². The van der Waals surface area contributed by atoms with Crippen LogP contribution in [0, 0.1) is 0 Å². The number of carbonyl (C=O) groups is 2. The van der Waals surface area contributed by atoms with E-state index in [4.69, 9.17) is 0 Å². The average Bonchev–Trinajstić information content (AvgIpc) is 3.26. The van der Waals surface area contributed by atoms with E-state index in [2.05, 4.69) is 27.4 Å². The van der Waals surface area contributed by atoms with Crippen molar-refractivity contribution < 1.29 is 9.59 Å². The van der Waals surface area contributed by atoms with Gasteiger partial charge in [-0.15, -0.1) is 16.8 Å². The molecule has 0 aliphatic rings. The van der Waals surface area contributed by atoms with Gasteiger partial charge < -0.3 is 15.2 Å². The molecule has 34 heavy (non-hydrogen) atoms. The van der Waals surface area contributed by atoms with Gasteiger partial charge in [-0.25, -0.2) is 0 Å². The van der Waals surface area contributed by atoms with Gasteiger partial charge >= 0.3 is 0 Å². The molecule has 0 aliphatic carbocycles. The van der Waals surface area contributed by atoms with Crippen LogP contribution in [0.4, 0.5) is 5.69 Å². The molecule has 0 saturated heterocycles. The van der Waals surface area contributed by atoms with E-state index in [-0.39, 0.29) is 23.6 Å². The van der Waals surface area contributed by atoms with Crippen LogP contribution in [0.15, 0.2) is 90.6 Å². The number of rotatable bonds is 9. The van der Waals surface area contributed by atoms with E-state index in [0.29, 0.717) is 23.1 Å². The fraction of sp³-hybridized carbons (Fsp3) is 0.154. The van der Waals surface area contributed by atoms with Crippen LogP contribution in [0.5, 0.6) is 0 Å². The van der Waals surface area contributed by atoms with Crippen molar-refractivity contribution >= 4 is 40.0 Å². The molecular formula is C26H25N5O2S. The predicted molar refractivity (Wildman–Crippen MR) is 136 cm³/mol. The van der Waals surface area contributed by atoms with E-state index in [9.17, 15) is 9.59 Å². The van der Waals surface area contributed by atoms with Gasteiger partial charge in [-0.05, 0) is 30.5 Å². The summed E-state index contributed by atoms with van der Waals surface area (Å²) in [6.07, 6.45) is 1.73. The van der Waals surface area contributed by atoms with Crippen LogP contribution in [0.25, 0.3) is 10.8 Å². The van der Waals surface area contributed by atoms with Gasteiger partial charge in [0.15, 0.2) is 11.0 Å². The van der Waals surface area contributed by atoms with Crippen molar-refractivity contribution in [2.45, 2.75) is 24.7 Å². The molecular weight excluding hydrogens is 446 g/mol. The van der Waals surface area contributed by atoms with Gasteiger partial charge in [-0.1, -0.05) is 72.4 Å². The molecule has 0 bridgehead atoms. The Balaban J connectivity index is 1.43. The van der Waals surface area contributed by atoms with Gasteiger partial charge in [-0.2, -0.15) is 0 Å². The Bertz CT molecular complexity index is 1310. The minimum absolute atomic E-state index is 0.138. The highest BCUT2D eigenvalue weighted by molar-refractivity contribution is 7.99. The van der Waals surface area contributed by atoms with Crippen molar-refractivity contribution in [1.29, 1.82) is 0 Å². The fourth-order valence-electron chi connectivity index (χ4n) is 3.61. The lowest BCUT2D eigenvalue weighted by molar-refractivity contribution is -0.113. The number of benzene rings is 3. The Morgan fingerprint density at radius 2 is 1.76 bits per heavy atom. The first kappa shape index (κ1) is 23.3. The SMILES string of the molecule is C=CCn1c(SCC(=O)Nc2cccc3ccccc23)nnc1[C@H](C)NC(=O)c1ccccc1. The third-order valence-corrected chi connectivity index (χ3v) is 6.19. The Morgan fingerprint density at radius 1 is 1.03 bits per heavy atom. The molecule has 0 saturated carbocycles. The maximum absolute atomic E-state index is 12.7. The number of aromatic nitrogens is 3. The molecule has 1 heterocycles. The van der Waals surface area contributed by atoms with E-state index in [1.165, 1.54) is 11.8 Å². The number of hydrogen-bond acceptors (Lipinski definition) is 5. The number of nitrogens with one attached hydrogen (secondary N) is 2. The topological polar surface area (TPSA) is 88.9 Å². The summed E-state index contributed by atoms with van der Waals surface area (Å²) in [7, 11) is 0. The highest BCUT2D eigenvalue weighted by Crippen LogP contribution is 2.25. The fourth-order valence-corrected chi connectivity index (χ4v) is 4.37. The van der Waals surface area contributed by atoms with Crippen molar-refractivity contribution in [2.75, 3.05) is 11.1 Å². The summed E-state index contributed by atoms with van der Waals surface area (Å²) in [6, 6.07) is 22.4. The number of carbonyl (C=O) groups excluding carboxylic acids is 2. The smallest absolute Gasteiger partial charge is 0.251 e. The summed E-state index contributed by atoms with van der Waals surface area (Å²) < 4.78 is 1.86. The van der Waals surface area contributed by atoms with Crippen LogP contribution in [-0.4, -0.2) is 32.3 Å². The van der Waals surface area contributed by atoms with Gasteiger partial charge in [-0.3, -0.25) is 9.59 Å². The second-order valence-corrected chi connectivity index (χ2v) is 8.61. The maximum Gasteiger partial charge on any atom is 0.251 e. The van der Waals surface area contributed by atoms with Gasteiger partial charge in [0, 0.05) is 23.2 Å². The Hall–Kier alpha value is -3.91. The number of thioether (sulfide) groups is 1. The van der Waals surface area contributed by atoms with Crippen molar-refractivity contribution in [3.05, 3.63) is 96.8 Å². The maximum atomic E-state index is 12.7. The highest BCUT2D eigenvalue weighted by Gasteiger charge is 2.20. The number of hydrogen-bond donors (Lipinski definition) is 2. The zero-order valence-electron chi connectivity index (χ0n) is 18.8. The molecule has 4 aromatic rings. The van der Waals surface area contributed by atoms with E-state index in [0.717, 1.165) is 16.5 Å². The monoisotopic (exact) mass is 471 g/mol. The second-order valence-electron chi connectivity index (χ2n) is 7.66. The van der Waals surface area contributed by atoms with E-state index >= 15 is 0 Å². The zero-order valence-corrected chi connectivity index (χ0v) is 19.6. The summed E-state index contributed by atoms with van der Waals surface area (Å²) in [5.41, 5.74) is 1.35. The molecule has 8 heteroatoms. The third-order valence-electron chi connectivity index (χ3n) is 5.22. The number of nitrogens with zero attached hydrogens (tertiary/aromatic N) is 3. The number of amides is 2. The molecule has 2 amide bonds. The first-order valence-corrected chi connectivity index (χ1v) is 11.9. The third kappa shape index (κ3) is 5.35. The summed E-state index contributed by atoms with van der Waals surface area (Å²) in [4.78, 5) is 25.2. The molecule has 0 aliphatic heterocycles. The Kier molecular flexibility index (Phi) is 7.39. The first-order valence-electron chi connectivity index (χ1n) is 10.9. The van der Waals surface area contributed by atoms with Crippen molar-refractivity contribution in [1.82, 2.24) is 20.1 Å². The molecule has 1 aromatic heterocycles. The molecule has 7 nitrogen and oxygen atoms in total. The first-order chi connectivity index (χ1) is 16.6. The van der Waals surface area contributed by atoms with Crippen LogP contribution in [0.1, 0.15) is 29.1 Å². The average molecular weight is 472 g/mol. The predicted octanol–water partition coefficient (Wildman–Crippen LogP) is 4.84. The summed E-state index contributed by atoms with van der Waals surface area (Å²) >= 11 is 1.29. The molecule has 172 valence electrons. The van der Waals surface area contributed by atoms with Gasteiger partial charge in [0.25, 0.3) is 5.91 Å². The molecule has 3 aromatic carbocycles. The molecule has 2 N–H and O–H groups in total. The molecule has 0 radical (unpaired) electrons. The summed E-state index contributed by atoms with van der Waals surface area (Å²) in [5.74, 6) is 0.441. The molecule has 0 unspecified atom stereocenters. The largest absolute Gasteiger partial charge is 0.342 e. The summed E-state index contributed by atoms with van der Waals surface area (Å²) in [6.45, 7) is 6.13. The van der Waals surface area contributed by atoms with Crippen LogP contribution in [-0.2, 0) is 11.3 Å². The van der Waals surface area contributed by atoms with E-state index in [1.807, 2.05) is 72.2 Å². The highest BCUT2D eigenvalue weighted by atomic mass is 32.2.